The Hall–Kier alpha value is -3.24. The molecule has 174 valence electrons. The van der Waals surface area contributed by atoms with Crippen molar-refractivity contribution in [1.29, 1.82) is 0 Å². The van der Waals surface area contributed by atoms with Crippen LogP contribution in [0.2, 0.25) is 0 Å². The van der Waals surface area contributed by atoms with Crippen LogP contribution in [0.1, 0.15) is 41.1 Å². The maximum atomic E-state index is 13.0. The van der Waals surface area contributed by atoms with Gasteiger partial charge in [-0.2, -0.15) is 0 Å². The van der Waals surface area contributed by atoms with E-state index >= 15 is 0 Å². The quantitative estimate of drug-likeness (QED) is 0.369. The molecule has 0 aliphatic rings. The van der Waals surface area contributed by atoms with Crippen LogP contribution < -0.4 is 10.9 Å². The van der Waals surface area contributed by atoms with Gasteiger partial charge in [-0.15, -0.1) is 10.2 Å². The molecule has 0 fully saturated rings. The third-order valence-corrected chi connectivity index (χ3v) is 5.96. The van der Waals surface area contributed by atoms with Crippen molar-refractivity contribution >= 4 is 23.6 Å². The second kappa shape index (κ2) is 11.6. The molecular weight excluding hydrogens is 443 g/mol. The third kappa shape index (κ3) is 6.62. The van der Waals surface area contributed by atoms with Crippen LogP contribution in [0.25, 0.3) is 0 Å². The van der Waals surface area contributed by atoms with Crippen LogP contribution in [-0.2, 0) is 11.3 Å². The van der Waals surface area contributed by atoms with E-state index in [1.165, 1.54) is 36.0 Å². The second-order valence-electron chi connectivity index (χ2n) is 7.60. The molecule has 0 aliphatic heterocycles. The zero-order chi connectivity index (χ0) is 23.8. The molecule has 2 amide bonds. The minimum Gasteiger partial charge on any atom is -0.300 e. The molecule has 1 atom stereocenters. The van der Waals surface area contributed by atoms with Crippen LogP contribution in [0.15, 0.2) is 59.8 Å². The Kier molecular flexibility index (Phi) is 8.56. The van der Waals surface area contributed by atoms with Crippen LogP contribution in [-0.4, -0.2) is 51.3 Å². The van der Waals surface area contributed by atoms with Crippen LogP contribution in [0.3, 0.4) is 0 Å². The van der Waals surface area contributed by atoms with Crippen LogP contribution >= 0.6 is 11.8 Å². The van der Waals surface area contributed by atoms with Crippen molar-refractivity contribution in [3.8, 4) is 0 Å². The summed E-state index contributed by atoms with van der Waals surface area (Å²) in [7, 11) is 4.00. The Morgan fingerprint density at radius 3 is 2.39 bits per heavy atom. The van der Waals surface area contributed by atoms with Crippen molar-refractivity contribution in [1.82, 2.24) is 30.5 Å². The van der Waals surface area contributed by atoms with Gasteiger partial charge < -0.3 is 4.57 Å². The Morgan fingerprint density at radius 1 is 1.06 bits per heavy atom. The molecule has 0 saturated heterocycles. The standard InChI is InChI=1S/C23H27FN6O2S/c1-4-19(29(2)3)21-26-28-23(30(21)14-16-8-6-5-7-9-16)33-15-20(31)25-27-22(32)17-10-12-18(24)13-11-17/h5-13,19H,4,14-15H2,1-3H3,(H,25,31)(H,27,32)/t19-/m0/s1. The van der Waals surface area contributed by atoms with Gasteiger partial charge in [0.1, 0.15) is 5.82 Å². The summed E-state index contributed by atoms with van der Waals surface area (Å²) in [6, 6.07) is 15.1. The minimum absolute atomic E-state index is 0.0371. The summed E-state index contributed by atoms with van der Waals surface area (Å²) in [4.78, 5) is 26.5. The summed E-state index contributed by atoms with van der Waals surface area (Å²) >= 11 is 1.24. The number of hydrazine groups is 1. The van der Waals surface area contributed by atoms with Gasteiger partial charge >= 0.3 is 0 Å². The van der Waals surface area contributed by atoms with Gasteiger partial charge in [0.15, 0.2) is 11.0 Å². The van der Waals surface area contributed by atoms with E-state index in [-0.39, 0.29) is 17.4 Å². The molecule has 2 aromatic carbocycles. The molecule has 3 aromatic rings. The lowest BCUT2D eigenvalue weighted by atomic mass is 10.2. The van der Waals surface area contributed by atoms with Crippen LogP contribution in [0.4, 0.5) is 4.39 Å². The summed E-state index contributed by atoms with van der Waals surface area (Å²) in [5, 5.41) is 9.37. The van der Waals surface area contributed by atoms with Gasteiger partial charge in [-0.3, -0.25) is 25.3 Å². The summed E-state index contributed by atoms with van der Waals surface area (Å²) in [5.74, 6) is -0.495. The molecule has 0 aliphatic carbocycles. The highest BCUT2D eigenvalue weighted by Gasteiger charge is 2.22. The summed E-state index contributed by atoms with van der Waals surface area (Å²) in [5.41, 5.74) is 6.05. The third-order valence-electron chi connectivity index (χ3n) is 4.99. The lowest BCUT2D eigenvalue weighted by Gasteiger charge is -2.23. The molecule has 0 spiro atoms. The first kappa shape index (κ1) is 24.4. The van der Waals surface area contributed by atoms with Gasteiger partial charge in [0.2, 0.25) is 5.91 Å². The number of thioether (sulfide) groups is 1. The van der Waals surface area contributed by atoms with E-state index in [0.29, 0.717) is 11.7 Å². The number of nitrogens with one attached hydrogen (secondary N) is 2. The highest BCUT2D eigenvalue weighted by molar-refractivity contribution is 7.99. The van der Waals surface area contributed by atoms with Crippen LogP contribution in [0, 0.1) is 5.82 Å². The van der Waals surface area contributed by atoms with Crippen LogP contribution in [0.5, 0.6) is 0 Å². The fourth-order valence-corrected chi connectivity index (χ4v) is 4.06. The van der Waals surface area contributed by atoms with Crippen molar-refractivity contribution in [3.05, 3.63) is 77.4 Å². The smallest absolute Gasteiger partial charge is 0.269 e. The minimum atomic E-state index is -0.528. The van der Waals surface area contributed by atoms with Gasteiger partial charge in [0.25, 0.3) is 5.91 Å². The highest BCUT2D eigenvalue weighted by Crippen LogP contribution is 2.26. The number of carbonyl (C=O) groups is 2. The highest BCUT2D eigenvalue weighted by atomic mass is 32.2. The number of carbonyl (C=O) groups excluding carboxylic acids is 2. The molecule has 0 unspecified atom stereocenters. The van der Waals surface area contributed by atoms with Gasteiger partial charge in [-0.25, -0.2) is 4.39 Å². The zero-order valence-electron chi connectivity index (χ0n) is 18.8. The van der Waals surface area contributed by atoms with Crippen molar-refractivity contribution < 1.29 is 14.0 Å². The molecule has 0 radical (unpaired) electrons. The molecule has 1 heterocycles. The Balaban J connectivity index is 1.66. The van der Waals surface area contributed by atoms with Crippen molar-refractivity contribution in [2.75, 3.05) is 19.8 Å². The van der Waals surface area contributed by atoms with Gasteiger partial charge in [0.05, 0.1) is 18.3 Å². The normalized spacial score (nSPS) is 11.9. The first-order chi connectivity index (χ1) is 15.9. The van der Waals surface area contributed by atoms with E-state index in [2.05, 4.69) is 32.9 Å². The fraction of sp³-hybridized carbons (Fsp3) is 0.304. The lowest BCUT2D eigenvalue weighted by molar-refractivity contribution is -0.119. The number of rotatable bonds is 9. The number of halogens is 1. The largest absolute Gasteiger partial charge is 0.300 e. The molecule has 0 bridgehead atoms. The number of hydrogen-bond acceptors (Lipinski definition) is 6. The van der Waals surface area contributed by atoms with E-state index in [1.54, 1.807) is 0 Å². The Labute approximate surface area is 196 Å². The average molecular weight is 471 g/mol. The molecule has 33 heavy (non-hydrogen) atoms. The van der Waals surface area contributed by atoms with E-state index < -0.39 is 17.6 Å². The lowest BCUT2D eigenvalue weighted by Crippen LogP contribution is -2.42. The molecular formula is C23H27FN6O2S. The predicted octanol–water partition coefficient (Wildman–Crippen LogP) is 3.03. The Morgan fingerprint density at radius 2 is 1.76 bits per heavy atom. The number of aromatic nitrogens is 3. The van der Waals surface area contributed by atoms with Gasteiger partial charge in [-0.1, -0.05) is 49.0 Å². The van der Waals surface area contributed by atoms with E-state index in [9.17, 15) is 14.0 Å². The van der Waals surface area contributed by atoms with Crippen molar-refractivity contribution in [3.63, 3.8) is 0 Å². The molecule has 10 heteroatoms. The molecule has 3 rings (SSSR count). The van der Waals surface area contributed by atoms with Gasteiger partial charge in [-0.05, 0) is 50.3 Å². The number of benzene rings is 2. The maximum absolute atomic E-state index is 13.0. The molecule has 1 aromatic heterocycles. The average Bonchev–Trinajstić information content (AvgIpc) is 3.19. The zero-order valence-corrected chi connectivity index (χ0v) is 19.6. The monoisotopic (exact) mass is 470 g/mol. The number of amides is 2. The second-order valence-corrected chi connectivity index (χ2v) is 8.54. The summed E-state index contributed by atoms with van der Waals surface area (Å²) in [6.07, 6.45) is 0.862. The first-order valence-corrected chi connectivity index (χ1v) is 11.5. The number of hydrogen-bond donors (Lipinski definition) is 2. The summed E-state index contributed by atoms with van der Waals surface area (Å²) < 4.78 is 15.0. The summed E-state index contributed by atoms with van der Waals surface area (Å²) in [6.45, 7) is 2.68. The molecule has 2 N–H and O–H groups in total. The fourth-order valence-electron chi connectivity index (χ4n) is 3.31. The van der Waals surface area contributed by atoms with Crippen molar-refractivity contribution in [2.45, 2.75) is 31.1 Å². The van der Waals surface area contributed by atoms with E-state index in [1.807, 2.05) is 49.0 Å². The van der Waals surface area contributed by atoms with E-state index in [4.69, 9.17) is 0 Å². The van der Waals surface area contributed by atoms with Gasteiger partial charge in [0, 0.05) is 5.56 Å². The SMILES string of the molecule is CC[C@@H](c1nnc(SCC(=O)NNC(=O)c2ccc(F)cc2)n1Cc1ccccc1)N(C)C. The van der Waals surface area contributed by atoms with Crippen molar-refractivity contribution in [2.24, 2.45) is 0 Å². The maximum Gasteiger partial charge on any atom is 0.269 e. The molecule has 8 nitrogen and oxygen atoms in total. The first-order valence-electron chi connectivity index (χ1n) is 10.5. The molecule has 0 saturated carbocycles. The predicted molar refractivity (Wildman–Crippen MR) is 125 cm³/mol. The van der Waals surface area contributed by atoms with E-state index in [0.717, 1.165) is 17.8 Å². The number of nitrogens with zero attached hydrogens (tertiary/aromatic N) is 4. The topological polar surface area (TPSA) is 92.1 Å². The Bertz CT molecular complexity index is 1070.